The molecule has 2 aromatic heterocycles. The number of halogens is 2. The number of nitrogens with one attached hydrogen (secondary N) is 2. The van der Waals surface area contributed by atoms with E-state index in [1.165, 1.54) is 12.3 Å². The number of nitrogens with zero attached hydrogens (tertiary/aromatic N) is 3. The SMILES string of the molecule is CNc1nccc(-c2cccnc2Oc2c(C)cc(N[S+]([O-])Cc3ccccc3)c(F)c2F)n1. The Morgan fingerprint density at radius 1 is 1.00 bits per heavy atom. The van der Waals surface area contributed by atoms with Crippen molar-refractivity contribution in [1.82, 2.24) is 15.0 Å². The highest BCUT2D eigenvalue weighted by Gasteiger charge is 2.23. The van der Waals surface area contributed by atoms with Crippen molar-refractivity contribution in [3.05, 3.63) is 89.8 Å². The third kappa shape index (κ3) is 5.24. The number of anilines is 2. The summed E-state index contributed by atoms with van der Waals surface area (Å²) in [6.07, 6.45) is 3.04. The zero-order valence-electron chi connectivity index (χ0n) is 18.4. The number of hydrogen-bond acceptors (Lipinski definition) is 7. The van der Waals surface area contributed by atoms with Crippen LogP contribution in [0.2, 0.25) is 0 Å². The Bertz CT molecular complexity index is 1290. The lowest BCUT2D eigenvalue weighted by atomic mass is 10.1. The molecule has 0 amide bonds. The van der Waals surface area contributed by atoms with Gasteiger partial charge >= 0.3 is 0 Å². The number of aromatic nitrogens is 3. The molecule has 10 heteroatoms. The van der Waals surface area contributed by atoms with Crippen LogP contribution in [0.3, 0.4) is 0 Å². The van der Waals surface area contributed by atoms with E-state index in [1.54, 1.807) is 50.5 Å². The molecule has 0 fully saturated rings. The van der Waals surface area contributed by atoms with Crippen molar-refractivity contribution < 1.29 is 18.1 Å². The Morgan fingerprint density at radius 2 is 1.79 bits per heavy atom. The molecule has 34 heavy (non-hydrogen) atoms. The van der Waals surface area contributed by atoms with E-state index in [4.69, 9.17) is 4.74 Å². The van der Waals surface area contributed by atoms with E-state index in [0.717, 1.165) is 5.56 Å². The summed E-state index contributed by atoms with van der Waals surface area (Å²) < 4.78 is 50.6. The van der Waals surface area contributed by atoms with Gasteiger partial charge in [-0.25, -0.2) is 24.1 Å². The molecule has 174 valence electrons. The first kappa shape index (κ1) is 23.4. The first-order valence-corrected chi connectivity index (χ1v) is 11.6. The fourth-order valence-electron chi connectivity index (χ4n) is 3.21. The van der Waals surface area contributed by atoms with E-state index in [-0.39, 0.29) is 23.1 Å². The van der Waals surface area contributed by atoms with Gasteiger partial charge in [0, 0.05) is 25.0 Å². The van der Waals surface area contributed by atoms with Gasteiger partial charge in [0.15, 0.2) is 17.3 Å². The number of hydrogen-bond donors (Lipinski definition) is 2. The van der Waals surface area contributed by atoms with Crippen LogP contribution in [0.1, 0.15) is 11.1 Å². The largest absolute Gasteiger partial charge is 0.593 e. The maximum Gasteiger partial charge on any atom is 0.228 e. The first-order chi connectivity index (χ1) is 16.5. The van der Waals surface area contributed by atoms with Gasteiger partial charge in [-0.2, -0.15) is 4.39 Å². The maximum absolute atomic E-state index is 15.0. The van der Waals surface area contributed by atoms with Crippen molar-refractivity contribution >= 4 is 23.0 Å². The molecule has 0 saturated carbocycles. The topological polar surface area (TPSA) is 95.0 Å². The lowest BCUT2D eigenvalue weighted by molar-refractivity contribution is 0.404. The molecule has 0 aliphatic heterocycles. The summed E-state index contributed by atoms with van der Waals surface area (Å²) >= 11 is -1.66. The van der Waals surface area contributed by atoms with Crippen LogP contribution in [0.25, 0.3) is 11.3 Å². The third-order valence-corrected chi connectivity index (χ3v) is 5.88. The summed E-state index contributed by atoms with van der Waals surface area (Å²) in [5.41, 5.74) is 1.86. The zero-order valence-corrected chi connectivity index (χ0v) is 19.2. The van der Waals surface area contributed by atoms with Gasteiger partial charge in [0.25, 0.3) is 0 Å². The van der Waals surface area contributed by atoms with Crippen LogP contribution in [-0.4, -0.2) is 26.6 Å². The van der Waals surface area contributed by atoms with Crippen LogP contribution in [0.4, 0.5) is 20.4 Å². The molecule has 2 aromatic carbocycles. The van der Waals surface area contributed by atoms with Crippen molar-refractivity contribution in [3.8, 4) is 22.9 Å². The van der Waals surface area contributed by atoms with Crippen molar-refractivity contribution in [2.45, 2.75) is 12.7 Å². The second-order valence-corrected chi connectivity index (χ2v) is 8.43. The minimum absolute atomic E-state index is 0.0537. The first-order valence-electron chi connectivity index (χ1n) is 10.3. The van der Waals surface area contributed by atoms with Gasteiger partial charge in [-0.05, 0) is 36.8 Å². The molecule has 0 aliphatic carbocycles. The quantitative estimate of drug-likeness (QED) is 0.333. The monoisotopic (exact) mass is 481 g/mol. The Balaban J connectivity index is 1.60. The Hall–Kier alpha value is -3.76. The molecule has 0 spiro atoms. The number of ether oxygens (including phenoxy) is 1. The Kier molecular flexibility index (Phi) is 7.19. The van der Waals surface area contributed by atoms with Gasteiger partial charge in [-0.3, -0.25) is 0 Å². The molecule has 2 heterocycles. The van der Waals surface area contributed by atoms with Crippen molar-refractivity contribution in [3.63, 3.8) is 0 Å². The average Bonchev–Trinajstić information content (AvgIpc) is 2.86. The van der Waals surface area contributed by atoms with Crippen LogP contribution in [0, 0.1) is 18.6 Å². The fourth-order valence-corrected chi connectivity index (χ4v) is 4.17. The van der Waals surface area contributed by atoms with Gasteiger partial charge in [0.2, 0.25) is 17.6 Å². The standard InChI is InChI=1S/C24H21F2N5O2S/c1-15-13-19(31-34(32)14-16-7-4-3-5-8-16)20(25)21(26)22(15)33-23-17(9-6-11-28-23)18-10-12-29-24(27-2)30-18/h3-13,31H,14H2,1-2H3,(H,27,29,30). The molecule has 0 radical (unpaired) electrons. The van der Waals surface area contributed by atoms with Gasteiger partial charge in [-0.1, -0.05) is 30.3 Å². The van der Waals surface area contributed by atoms with Crippen LogP contribution in [-0.2, 0) is 17.1 Å². The molecule has 0 saturated heterocycles. The molecule has 4 aromatic rings. The second-order valence-electron chi connectivity index (χ2n) is 7.25. The van der Waals surface area contributed by atoms with E-state index in [1.807, 2.05) is 18.2 Å². The lowest BCUT2D eigenvalue weighted by Gasteiger charge is -2.16. The second kappa shape index (κ2) is 10.4. The van der Waals surface area contributed by atoms with Crippen LogP contribution >= 0.6 is 0 Å². The van der Waals surface area contributed by atoms with Crippen LogP contribution in [0.5, 0.6) is 11.6 Å². The Morgan fingerprint density at radius 3 is 2.56 bits per heavy atom. The molecule has 1 atom stereocenters. The van der Waals surface area contributed by atoms with Crippen LogP contribution < -0.4 is 14.8 Å². The highest BCUT2D eigenvalue weighted by molar-refractivity contribution is 7.91. The summed E-state index contributed by atoms with van der Waals surface area (Å²) in [4.78, 5) is 12.6. The fraction of sp³-hybridized carbons (Fsp3) is 0.125. The number of aryl methyl sites for hydroxylation is 1. The molecule has 4 rings (SSSR count). The van der Waals surface area contributed by atoms with Crippen molar-refractivity contribution in [1.29, 1.82) is 0 Å². The maximum atomic E-state index is 15.0. The van der Waals surface area contributed by atoms with E-state index in [0.29, 0.717) is 22.8 Å². The number of pyridine rings is 1. The molecule has 0 bridgehead atoms. The Labute approximate surface area is 198 Å². The molecule has 0 aliphatic rings. The molecule has 1 unspecified atom stereocenters. The van der Waals surface area contributed by atoms with Gasteiger partial charge in [0.1, 0.15) is 5.69 Å². The lowest BCUT2D eigenvalue weighted by Crippen LogP contribution is -2.17. The smallest absolute Gasteiger partial charge is 0.228 e. The molecule has 2 N–H and O–H groups in total. The minimum atomic E-state index is -1.66. The summed E-state index contributed by atoms with van der Waals surface area (Å²) in [6.45, 7) is 1.57. The molecular formula is C24H21F2N5O2S. The van der Waals surface area contributed by atoms with E-state index < -0.39 is 23.0 Å². The summed E-state index contributed by atoms with van der Waals surface area (Å²) in [7, 11) is 1.68. The summed E-state index contributed by atoms with van der Waals surface area (Å²) in [5, 5.41) is 2.84. The van der Waals surface area contributed by atoms with E-state index in [2.05, 4.69) is 25.0 Å². The van der Waals surface area contributed by atoms with Crippen molar-refractivity contribution in [2.75, 3.05) is 17.1 Å². The van der Waals surface area contributed by atoms with Gasteiger partial charge < -0.3 is 14.6 Å². The van der Waals surface area contributed by atoms with Gasteiger partial charge in [0.05, 0.1) is 22.6 Å². The zero-order chi connectivity index (χ0) is 24.1. The summed E-state index contributed by atoms with van der Waals surface area (Å²) in [5.74, 6) is -2.14. The average molecular weight is 482 g/mol. The van der Waals surface area contributed by atoms with E-state index >= 15 is 4.39 Å². The minimum Gasteiger partial charge on any atom is -0.593 e. The highest BCUT2D eigenvalue weighted by Crippen LogP contribution is 2.36. The predicted octanol–water partition coefficient (Wildman–Crippen LogP) is 5.24. The number of rotatable bonds is 8. The van der Waals surface area contributed by atoms with Crippen LogP contribution in [0.15, 0.2) is 67.0 Å². The number of benzene rings is 2. The third-order valence-electron chi connectivity index (χ3n) is 4.84. The highest BCUT2D eigenvalue weighted by atomic mass is 32.2. The molecule has 7 nitrogen and oxygen atoms in total. The van der Waals surface area contributed by atoms with Gasteiger partial charge in [-0.15, -0.1) is 0 Å². The summed E-state index contributed by atoms with van der Waals surface area (Å²) in [6, 6.07) is 15.5. The van der Waals surface area contributed by atoms with E-state index in [9.17, 15) is 8.94 Å². The van der Waals surface area contributed by atoms with Crippen molar-refractivity contribution in [2.24, 2.45) is 0 Å². The normalized spacial score (nSPS) is 11.7. The predicted molar refractivity (Wildman–Crippen MR) is 128 cm³/mol. The molecular weight excluding hydrogens is 460 g/mol.